The van der Waals surface area contributed by atoms with Gasteiger partial charge in [0.25, 0.3) is 0 Å². The quantitative estimate of drug-likeness (QED) is 0.571. The summed E-state index contributed by atoms with van der Waals surface area (Å²) in [6.07, 6.45) is 8.66. The van der Waals surface area contributed by atoms with Gasteiger partial charge in [-0.25, -0.2) is 0 Å². The summed E-state index contributed by atoms with van der Waals surface area (Å²) >= 11 is 2.01. The summed E-state index contributed by atoms with van der Waals surface area (Å²) in [6.45, 7) is 6.10. The average Bonchev–Trinajstić information content (AvgIpc) is 1.98. The normalized spacial score (nSPS) is 13.5. The first-order valence-corrected chi connectivity index (χ1v) is 5.46. The van der Waals surface area contributed by atoms with Gasteiger partial charge in [-0.15, -0.1) is 0 Å². The Labute approximate surface area is 69.8 Å². The lowest BCUT2D eigenvalue weighted by Crippen LogP contribution is -2.00. The number of rotatable bonds is 6. The first kappa shape index (κ1) is 10.3. The number of thioether (sulfide) groups is 1. The average molecular weight is 159 g/mol. The van der Waals surface area contributed by atoms with Gasteiger partial charge in [0.2, 0.25) is 0 Å². The van der Waals surface area contributed by atoms with Crippen molar-refractivity contribution in [1.29, 1.82) is 0 Å². The second kappa shape index (κ2) is 7.46. The van der Waals surface area contributed by atoms with Crippen LogP contribution in [0.1, 0.15) is 39.0 Å². The topological polar surface area (TPSA) is 0 Å². The van der Waals surface area contributed by atoms with Crippen LogP contribution >= 0.6 is 11.8 Å². The van der Waals surface area contributed by atoms with Gasteiger partial charge >= 0.3 is 0 Å². The molecule has 61 valence electrons. The van der Waals surface area contributed by atoms with Crippen LogP contribution in [0.4, 0.5) is 0 Å². The minimum atomic E-state index is 0.895. The largest absolute Gasteiger partial charge is 0.162 e. The molecule has 10 heavy (non-hydrogen) atoms. The molecule has 0 amide bonds. The molecule has 0 saturated carbocycles. The molecule has 0 saturated heterocycles. The fourth-order valence-electron chi connectivity index (χ4n) is 1.07. The van der Waals surface area contributed by atoms with Gasteiger partial charge in [0.15, 0.2) is 0 Å². The Morgan fingerprint density at radius 1 is 1.40 bits per heavy atom. The Morgan fingerprint density at radius 2 is 2.10 bits per heavy atom. The van der Waals surface area contributed by atoms with E-state index in [9.17, 15) is 0 Å². The number of hydrogen-bond donors (Lipinski definition) is 0. The molecule has 1 radical (unpaired) electrons. The summed E-state index contributed by atoms with van der Waals surface area (Å²) in [5.74, 6) is 0. The summed E-state index contributed by atoms with van der Waals surface area (Å²) in [4.78, 5) is 0. The van der Waals surface area contributed by atoms with E-state index in [1.54, 1.807) is 0 Å². The highest BCUT2D eigenvalue weighted by Crippen LogP contribution is 2.18. The fourth-order valence-corrected chi connectivity index (χ4v) is 1.95. The third kappa shape index (κ3) is 5.16. The molecule has 0 bridgehead atoms. The molecule has 0 rings (SSSR count). The van der Waals surface area contributed by atoms with E-state index in [-0.39, 0.29) is 0 Å². The molecule has 0 aliphatic carbocycles. The molecule has 0 fully saturated rings. The van der Waals surface area contributed by atoms with Gasteiger partial charge in [-0.1, -0.05) is 33.1 Å². The molecule has 0 aromatic heterocycles. The maximum absolute atomic E-state index is 3.84. The van der Waals surface area contributed by atoms with Gasteiger partial charge in [0.1, 0.15) is 0 Å². The van der Waals surface area contributed by atoms with Crippen molar-refractivity contribution in [2.24, 2.45) is 0 Å². The Bertz CT molecular complexity index is 61.7. The molecule has 0 nitrogen and oxygen atoms in total. The first-order valence-electron chi connectivity index (χ1n) is 4.17. The summed E-state index contributed by atoms with van der Waals surface area (Å²) in [5, 5.41) is 0.895. The zero-order valence-electron chi connectivity index (χ0n) is 7.23. The van der Waals surface area contributed by atoms with Crippen molar-refractivity contribution < 1.29 is 0 Å². The lowest BCUT2D eigenvalue weighted by molar-refractivity contribution is 0.653. The van der Waals surface area contributed by atoms with Crippen molar-refractivity contribution in [2.75, 3.05) is 6.26 Å². The highest BCUT2D eigenvalue weighted by atomic mass is 32.2. The van der Waals surface area contributed by atoms with E-state index in [0.717, 1.165) is 11.7 Å². The maximum atomic E-state index is 3.84. The highest BCUT2D eigenvalue weighted by Gasteiger charge is 2.03. The SMILES string of the molecule is [CH2]CCCC(CCC)SC. The first-order chi connectivity index (χ1) is 4.85. The minimum absolute atomic E-state index is 0.895. The molecule has 0 aliphatic rings. The van der Waals surface area contributed by atoms with Gasteiger partial charge in [0.05, 0.1) is 0 Å². The van der Waals surface area contributed by atoms with Crippen LogP contribution in [-0.2, 0) is 0 Å². The van der Waals surface area contributed by atoms with E-state index < -0.39 is 0 Å². The number of hydrogen-bond acceptors (Lipinski definition) is 1. The van der Waals surface area contributed by atoms with Crippen LogP contribution in [0.15, 0.2) is 0 Å². The Kier molecular flexibility index (Phi) is 7.72. The third-order valence-electron chi connectivity index (χ3n) is 1.72. The maximum Gasteiger partial charge on any atom is 0.00441 e. The molecule has 1 heteroatoms. The molecule has 0 aromatic rings. The minimum Gasteiger partial charge on any atom is -0.162 e. The van der Waals surface area contributed by atoms with Crippen molar-refractivity contribution in [1.82, 2.24) is 0 Å². The van der Waals surface area contributed by atoms with Gasteiger partial charge < -0.3 is 0 Å². The van der Waals surface area contributed by atoms with Crippen molar-refractivity contribution in [3.63, 3.8) is 0 Å². The summed E-state index contributed by atoms with van der Waals surface area (Å²) in [5.41, 5.74) is 0. The molecular formula is C9H19S. The predicted octanol–water partition coefficient (Wildman–Crippen LogP) is 3.52. The van der Waals surface area contributed by atoms with Gasteiger partial charge in [-0.05, 0) is 19.1 Å². The summed E-state index contributed by atoms with van der Waals surface area (Å²) < 4.78 is 0. The predicted molar refractivity (Wildman–Crippen MR) is 51.4 cm³/mol. The van der Waals surface area contributed by atoms with E-state index in [1.165, 1.54) is 25.7 Å². The van der Waals surface area contributed by atoms with E-state index in [4.69, 9.17) is 0 Å². The second-order valence-corrected chi connectivity index (χ2v) is 3.78. The zero-order valence-corrected chi connectivity index (χ0v) is 8.04. The van der Waals surface area contributed by atoms with Crippen LogP contribution in [0.5, 0.6) is 0 Å². The Hall–Kier alpha value is 0.350. The monoisotopic (exact) mass is 159 g/mol. The molecule has 0 aliphatic heterocycles. The molecular weight excluding hydrogens is 140 g/mol. The number of unbranched alkanes of at least 4 members (excludes halogenated alkanes) is 1. The molecule has 1 unspecified atom stereocenters. The Morgan fingerprint density at radius 3 is 2.50 bits per heavy atom. The van der Waals surface area contributed by atoms with Crippen molar-refractivity contribution >= 4 is 11.8 Å². The van der Waals surface area contributed by atoms with Crippen LogP contribution in [-0.4, -0.2) is 11.5 Å². The van der Waals surface area contributed by atoms with Crippen LogP contribution in [0, 0.1) is 6.92 Å². The molecule has 0 heterocycles. The summed E-state index contributed by atoms with van der Waals surface area (Å²) in [7, 11) is 0. The molecule has 1 atom stereocenters. The third-order valence-corrected chi connectivity index (χ3v) is 2.86. The van der Waals surface area contributed by atoms with E-state index >= 15 is 0 Å². The lowest BCUT2D eigenvalue weighted by Gasteiger charge is -2.11. The standard InChI is InChI=1S/C9H19S/c1-4-6-8-9(10-3)7-5-2/h9H,1,4-8H2,2-3H3. The lowest BCUT2D eigenvalue weighted by atomic mass is 10.1. The van der Waals surface area contributed by atoms with Crippen LogP contribution in [0.25, 0.3) is 0 Å². The van der Waals surface area contributed by atoms with Gasteiger partial charge in [0, 0.05) is 5.25 Å². The van der Waals surface area contributed by atoms with Gasteiger partial charge in [-0.2, -0.15) is 11.8 Å². The fraction of sp³-hybridized carbons (Fsp3) is 0.889. The van der Waals surface area contributed by atoms with Crippen LogP contribution < -0.4 is 0 Å². The second-order valence-electron chi connectivity index (χ2n) is 2.64. The molecule has 0 N–H and O–H groups in total. The smallest absolute Gasteiger partial charge is 0.00441 e. The molecule has 0 spiro atoms. The van der Waals surface area contributed by atoms with Crippen LogP contribution in [0.2, 0.25) is 0 Å². The van der Waals surface area contributed by atoms with E-state index in [1.807, 2.05) is 11.8 Å². The zero-order chi connectivity index (χ0) is 7.82. The van der Waals surface area contributed by atoms with E-state index in [0.29, 0.717) is 0 Å². The van der Waals surface area contributed by atoms with Crippen molar-refractivity contribution in [3.8, 4) is 0 Å². The van der Waals surface area contributed by atoms with Crippen molar-refractivity contribution in [3.05, 3.63) is 6.92 Å². The van der Waals surface area contributed by atoms with E-state index in [2.05, 4.69) is 20.1 Å². The van der Waals surface area contributed by atoms with Crippen molar-refractivity contribution in [2.45, 2.75) is 44.3 Å². The van der Waals surface area contributed by atoms with Gasteiger partial charge in [-0.3, -0.25) is 0 Å². The molecule has 0 aromatic carbocycles. The summed E-state index contributed by atoms with van der Waals surface area (Å²) in [6, 6.07) is 0. The van der Waals surface area contributed by atoms with Crippen LogP contribution in [0.3, 0.4) is 0 Å². The highest BCUT2D eigenvalue weighted by molar-refractivity contribution is 7.99. The Balaban J connectivity index is 3.21.